The third-order valence-electron chi connectivity index (χ3n) is 3.89. The van der Waals surface area contributed by atoms with Crippen LogP contribution in [0.25, 0.3) is 0 Å². The van der Waals surface area contributed by atoms with E-state index < -0.39 is 0 Å². The molecule has 0 radical (unpaired) electrons. The minimum absolute atomic E-state index is 0. The first-order valence-corrected chi connectivity index (χ1v) is 7.15. The highest BCUT2D eigenvalue weighted by molar-refractivity contribution is 5.85. The monoisotopic (exact) mass is 296 g/mol. The Kier molecular flexibility index (Phi) is 7.03. The van der Waals surface area contributed by atoms with Crippen LogP contribution >= 0.6 is 12.4 Å². The lowest BCUT2D eigenvalue weighted by atomic mass is 10.0. The summed E-state index contributed by atoms with van der Waals surface area (Å²) >= 11 is 0. The van der Waals surface area contributed by atoms with E-state index >= 15 is 0 Å². The highest BCUT2D eigenvalue weighted by atomic mass is 35.5. The number of nitrogens with one attached hydrogen (secondary N) is 1. The third-order valence-corrected chi connectivity index (χ3v) is 3.89. The maximum absolute atomic E-state index is 12.1. The second-order valence-electron chi connectivity index (χ2n) is 5.63. The molecule has 0 bridgehead atoms. The van der Waals surface area contributed by atoms with Crippen molar-refractivity contribution < 1.29 is 4.79 Å². The Balaban J connectivity index is 0.00000200. The summed E-state index contributed by atoms with van der Waals surface area (Å²) in [6.07, 6.45) is 2.91. The smallest absolute Gasteiger partial charge is 0.222 e. The Morgan fingerprint density at radius 2 is 2.05 bits per heavy atom. The molecule has 1 aliphatic heterocycles. The predicted octanol–water partition coefficient (Wildman–Crippen LogP) is 2.76. The molecule has 0 spiro atoms. The number of hydrogen-bond acceptors (Lipinski definition) is 2. The fourth-order valence-electron chi connectivity index (χ4n) is 2.53. The van der Waals surface area contributed by atoms with Crippen molar-refractivity contribution in [3.05, 3.63) is 35.4 Å². The molecule has 0 saturated carbocycles. The van der Waals surface area contributed by atoms with Gasteiger partial charge in [-0.25, -0.2) is 0 Å². The summed E-state index contributed by atoms with van der Waals surface area (Å²) in [6.45, 7) is 4.98. The lowest BCUT2D eigenvalue weighted by Gasteiger charge is -2.18. The molecule has 0 aliphatic carbocycles. The van der Waals surface area contributed by atoms with E-state index in [-0.39, 0.29) is 18.3 Å². The number of rotatable bonds is 5. The van der Waals surface area contributed by atoms with Gasteiger partial charge in [-0.2, -0.15) is 0 Å². The number of nitrogens with zero attached hydrogens (tertiary/aromatic N) is 1. The third kappa shape index (κ3) is 5.14. The van der Waals surface area contributed by atoms with Gasteiger partial charge in [0.15, 0.2) is 0 Å². The van der Waals surface area contributed by atoms with Crippen LogP contribution in [0.2, 0.25) is 0 Å². The molecule has 2 rings (SSSR count). The van der Waals surface area contributed by atoms with Crippen molar-refractivity contribution in [2.75, 3.05) is 20.1 Å². The Labute approximate surface area is 128 Å². The minimum Gasteiger partial charge on any atom is -0.341 e. The van der Waals surface area contributed by atoms with Crippen LogP contribution in [0.15, 0.2) is 24.3 Å². The Hall–Kier alpha value is -1.06. The van der Waals surface area contributed by atoms with Crippen LogP contribution < -0.4 is 5.32 Å². The molecule has 4 heteroatoms. The Bertz CT molecular complexity index is 413. The van der Waals surface area contributed by atoms with Crippen LogP contribution in [0.1, 0.15) is 30.4 Å². The molecule has 1 aromatic rings. The second kappa shape index (κ2) is 8.28. The Morgan fingerprint density at radius 3 is 2.65 bits per heavy atom. The summed E-state index contributed by atoms with van der Waals surface area (Å²) in [4.78, 5) is 13.9. The van der Waals surface area contributed by atoms with Gasteiger partial charge < -0.3 is 10.2 Å². The molecule has 1 fully saturated rings. The topological polar surface area (TPSA) is 32.3 Å². The van der Waals surface area contributed by atoms with E-state index in [1.54, 1.807) is 0 Å². The van der Waals surface area contributed by atoms with Crippen molar-refractivity contribution in [1.29, 1.82) is 0 Å². The number of hydrogen-bond donors (Lipinski definition) is 1. The lowest BCUT2D eigenvalue weighted by Crippen LogP contribution is -2.26. The summed E-state index contributed by atoms with van der Waals surface area (Å²) < 4.78 is 0. The van der Waals surface area contributed by atoms with Gasteiger partial charge in [0, 0.05) is 20.0 Å². The van der Waals surface area contributed by atoms with Crippen molar-refractivity contribution in [2.24, 2.45) is 5.92 Å². The van der Waals surface area contributed by atoms with Gasteiger partial charge in [0.1, 0.15) is 0 Å². The highest BCUT2D eigenvalue weighted by Gasteiger charge is 2.17. The standard InChI is InChI=1S/C16H24N2O.ClH/c1-13-3-5-15(6-4-13)12-18(2)16(19)8-7-14-9-10-17-11-14;/h3-6,14,17H,7-12H2,1-2H3;1H. The fourth-order valence-corrected chi connectivity index (χ4v) is 2.53. The number of carbonyl (C=O) groups is 1. The highest BCUT2D eigenvalue weighted by Crippen LogP contribution is 2.15. The van der Waals surface area contributed by atoms with Crippen LogP contribution in [0.3, 0.4) is 0 Å². The van der Waals surface area contributed by atoms with Crippen molar-refractivity contribution in [3.8, 4) is 0 Å². The lowest BCUT2D eigenvalue weighted by molar-refractivity contribution is -0.130. The average molecular weight is 297 g/mol. The van der Waals surface area contributed by atoms with Gasteiger partial charge in [-0.05, 0) is 44.3 Å². The molecule has 3 nitrogen and oxygen atoms in total. The quantitative estimate of drug-likeness (QED) is 0.906. The molecule has 112 valence electrons. The summed E-state index contributed by atoms with van der Waals surface area (Å²) in [6, 6.07) is 8.38. The molecule has 1 aliphatic rings. The van der Waals surface area contributed by atoms with E-state index in [4.69, 9.17) is 0 Å². The maximum atomic E-state index is 12.1. The van der Waals surface area contributed by atoms with Gasteiger partial charge in [0.05, 0.1) is 0 Å². The second-order valence-corrected chi connectivity index (χ2v) is 5.63. The molecule has 0 aromatic heterocycles. The molecule has 1 saturated heterocycles. The SMILES string of the molecule is Cc1ccc(CN(C)C(=O)CCC2CCNC2)cc1.Cl. The minimum atomic E-state index is 0. The van der Waals surface area contributed by atoms with E-state index in [1.165, 1.54) is 17.5 Å². The molecule has 1 aromatic carbocycles. The number of aryl methyl sites for hydroxylation is 1. The van der Waals surface area contributed by atoms with Gasteiger partial charge in [0.25, 0.3) is 0 Å². The zero-order chi connectivity index (χ0) is 13.7. The van der Waals surface area contributed by atoms with Gasteiger partial charge in [-0.1, -0.05) is 29.8 Å². The average Bonchev–Trinajstić information content (AvgIpc) is 2.91. The molecule has 1 amide bonds. The molecule has 1 N–H and O–H groups in total. The van der Waals surface area contributed by atoms with E-state index in [0.717, 1.165) is 19.5 Å². The molecule has 1 heterocycles. The van der Waals surface area contributed by atoms with E-state index in [2.05, 4.69) is 36.5 Å². The summed E-state index contributed by atoms with van der Waals surface area (Å²) in [7, 11) is 1.90. The van der Waals surface area contributed by atoms with Crippen molar-refractivity contribution in [3.63, 3.8) is 0 Å². The van der Waals surface area contributed by atoms with Crippen LogP contribution in [-0.4, -0.2) is 30.9 Å². The first-order chi connectivity index (χ1) is 9.15. The van der Waals surface area contributed by atoms with Crippen LogP contribution in [0.5, 0.6) is 0 Å². The van der Waals surface area contributed by atoms with Crippen LogP contribution in [0.4, 0.5) is 0 Å². The molecule has 20 heavy (non-hydrogen) atoms. The normalized spacial score (nSPS) is 17.6. The number of benzene rings is 1. The molecular weight excluding hydrogens is 272 g/mol. The van der Waals surface area contributed by atoms with Crippen molar-refractivity contribution >= 4 is 18.3 Å². The molecule has 1 unspecified atom stereocenters. The molecular formula is C16H25ClN2O. The van der Waals surface area contributed by atoms with Gasteiger partial charge >= 0.3 is 0 Å². The van der Waals surface area contributed by atoms with Crippen LogP contribution in [-0.2, 0) is 11.3 Å². The maximum Gasteiger partial charge on any atom is 0.222 e. The number of amides is 1. The summed E-state index contributed by atoms with van der Waals surface area (Å²) in [5.74, 6) is 0.948. The first-order valence-electron chi connectivity index (χ1n) is 7.15. The zero-order valence-electron chi connectivity index (χ0n) is 12.4. The van der Waals surface area contributed by atoms with Gasteiger partial charge in [0.2, 0.25) is 5.91 Å². The van der Waals surface area contributed by atoms with E-state index in [0.29, 0.717) is 18.9 Å². The van der Waals surface area contributed by atoms with Crippen molar-refractivity contribution in [1.82, 2.24) is 10.2 Å². The number of carbonyl (C=O) groups excluding carboxylic acids is 1. The predicted molar refractivity (Wildman–Crippen MR) is 85.1 cm³/mol. The summed E-state index contributed by atoms with van der Waals surface area (Å²) in [5, 5.41) is 3.35. The first kappa shape index (κ1) is 17.0. The van der Waals surface area contributed by atoms with E-state index in [9.17, 15) is 4.79 Å². The summed E-state index contributed by atoms with van der Waals surface area (Å²) in [5.41, 5.74) is 2.45. The molecule has 1 atom stereocenters. The number of halogens is 1. The van der Waals surface area contributed by atoms with Crippen molar-refractivity contribution in [2.45, 2.75) is 32.7 Å². The van der Waals surface area contributed by atoms with E-state index in [1.807, 2.05) is 11.9 Å². The van der Waals surface area contributed by atoms with Gasteiger partial charge in [-0.3, -0.25) is 4.79 Å². The Morgan fingerprint density at radius 1 is 1.35 bits per heavy atom. The zero-order valence-corrected chi connectivity index (χ0v) is 13.2. The fraction of sp³-hybridized carbons (Fsp3) is 0.562. The van der Waals surface area contributed by atoms with Crippen LogP contribution in [0, 0.1) is 12.8 Å². The van der Waals surface area contributed by atoms with Gasteiger partial charge in [-0.15, -0.1) is 12.4 Å². The largest absolute Gasteiger partial charge is 0.341 e.